The minimum Gasteiger partial charge on any atom is -0.485 e. The Morgan fingerprint density at radius 1 is 1.21 bits per heavy atom. The van der Waals surface area contributed by atoms with Crippen molar-refractivity contribution in [1.82, 2.24) is 4.90 Å². The summed E-state index contributed by atoms with van der Waals surface area (Å²) in [6.07, 6.45) is 5.94. The fraction of sp³-hybridized carbons (Fsp3) is 0.625. The van der Waals surface area contributed by atoms with Crippen LogP contribution in [0, 0.1) is 5.92 Å². The highest BCUT2D eigenvalue weighted by Crippen LogP contribution is 2.29. The lowest BCUT2D eigenvalue weighted by Crippen LogP contribution is -2.41. The Morgan fingerprint density at radius 2 is 2.00 bits per heavy atom. The summed E-state index contributed by atoms with van der Waals surface area (Å²) < 4.78 is 6.06. The SMILES string of the molecule is CN(CC1CCCC1)CC1CNc2ccccc2O1. The number of likely N-dealkylation sites (N-methyl/N-ethyl adjacent to an activating group) is 1. The fourth-order valence-corrected chi connectivity index (χ4v) is 3.32. The van der Waals surface area contributed by atoms with Gasteiger partial charge >= 0.3 is 0 Å². The molecule has 104 valence electrons. The van der Waals surface area contributed by atoms with Crippen molar-refractivity contribution in [2.24, 2.45) is 5.92 Å². The number of rotatable bonds is 4. The number of hydrogen-bond acceptors (Lipinski definition) is 3. The van der Waals surface area contributed by atoms with E-state index in [-0.39, 0.29) is 6.10 Å². The lowest BCUT2D eigenvalue weighted by molar-refractivity contribution is 0.141. The average molecular weight is 260 g/mol. The molecule has 1 aromatic rings. The predicted octanol–water partition coefficient (Wildman–Crippen LogP) is 2.98. The molecule has 3 nitrogen and oxygen atoms in total. The lowest BCUT2D eigenvalue weighted by Gasteiger charge is -2.31. The molecule has 3 rings (SSSR count). The molecule has 0 spiro atoms. The van der Waals surface area contributed by atoms with Gasteiger partial charge < -0.3 is 15.0 Å². The number of nitrogens with zero attached hydrogens (tertiary/aromatic N) is 1. The molecule has 0 amide bonds. The molecule has 1 aromatic carbocycles. The molecule has 0 saturated heterocycles. The van der Waals surface area contributed by atoms with E-state index in [4.69, 9.17) is 4.74 Å². The highest BCUT2D eigenvalue weighted by molar-refractivity contribution is 5.57. The molecule has 0 radical (unpaired) electrons. The van der Waals surface area contributed by atoms with Gasteiger partial charge in [0.05, 0.1) is 12.2 Å². The monoisotopic (exact) mass is 260 g/mol. The van der Waals surface area contributed by atoms with Crippen LogP contribution >= 0.6 is 0 Å². The first-order valence-corrected chi connectivity index (χ1v) is 7.49. The van der Waals surface area contributed by atoms with Crippen LogP contribution in [0.5, 0.6) is 5.75 Å². The first kappa shape index (κ1) is 12.8. The molecule has 2 aliphatic rings. The van der Waals surface area contributed by atoms with E-state index < -0.39 is 0 Å². The van der Waals surface area contributed by atoms with Gasteiger partial charge in [0.1, 0.15) is 11.9 Å². The lowest BCUT2D eigenvalue weighted by atomic mass is 10.1. The van der Waals surface area contributed by atoms with E-state index in [0.29, 0.717) is 0 Å². The molecule has 1 N–H and O–H groups in total. The second-order valence-corrected chi connectivity index (χ2v) is 5.99. The van der Waals surface area contributed by atoms with Crippen LogP contribution < -0.4 is 10.1 Å². The maximum absolute atomic E-state index is 6.06. The normalized spacial score (nSPS) is 22.9. The van der Waals surface area contributed by atoms with Crippen molar-refractivity contribution in [1.29, 1.82) is 0 Å². The summed E-state index contributed by atoms with van der Waals surface area (Å²) in [5.41, 5.74) is 1.12. The van der Waals surface area contributed by atoms with E-state index in [2.05, 4.69) is 23.3 Å². The van der Waals surface area contributed by atoms with Crippen LogP contribution in [-0.2, 0) is 0 Å². The summed E-state index contributed by atoms with van der Waals surface area (Å²) in [6, 6.07) is 8.20. The standard InChI is InChI=1S/C16H24N2O/c1-18(11-13-6-2-3-7-13)12-14-10-17-15-8-4-5-9-16(15)19-14/h4-5,8-9,13-14,17H,2-3,6-7,10-12H2,1H3. The van der Waals surface area contributed by atoms with Crippen LogP contribution in [0.25, 0.3) is 0 Å². The number of anilines is 1. The van der Waals surface area contributed by atoms with Crippen molar-refractivity contribution < 1.29 is 4.74 Å². The average Bonchev–Trinajstić information content (AvgIpc) is 2.91. The Hall–Kier alpha value is -1.22. The quantitative estimate of drug-likeness (QED) is 0.900. The van der Waals surface area contributed by atoms with Crippen molar-refractivity contribution in [2.45, 2.75) is 31.8 Å². The number of benzene rings is 1. The van der Waals surface area contributed by atoms with Crippen LogP contribution in [0.4, 0.5) is 5.69 Å². The number of fused-ring (bicyclic) bond motifs is 1. The van der Waals surface area contributed by atoms with E-state index in [1.54, 1.807) is 0 Å². The van der Waals surface area contributed by atoms with Crippen molar-refractivity contribution in [3.05, 3.63) is 24.3 Å². The van der Waals surface area contributed by atoms with Gasteiger partial charge in [-0.1, -0.05) is 25.0 Å². The van der Waals surface area contributed by atoms with Crippen LogP contribution in [0.2, 0.25) is 0 Å². The van der Waals surface area contributed by atoms with E-state index in [9.17, 15) is 0 Å². The molecule has 0 bridgehead atoms. The van der Waals surface area contributed by atoms with Gasteiger partial charge in [-0.25, -0.2) is 0 Å². The molecule has 19 heavy (non-hydrogen) atoms. The first-order chi connectivity index (χ1) is 9.31. The van der Waals surface area contributed by atoms with Gasteiger partial charge in [0.15, 0.2) is 0 Å². The topological polar surface area (TPSA) is 24.5 Å². The highest BCUT2D eigenvalue weighted by atomic mass is 16.5. The summed E-state index contributed by atoms with van der Waals surface area (Å²) in [5.74, 6) is 1.90. The molecule has 1 saturated carbocycles. The molecule has 1 atom stereocenters. The van der Waals surface area contributed by atoms with Crippen LogP contribution in [0.15, 0.2) is 24.3 Å². The summed E-state index contributed by atoms with van der Waals surface area (Å²) in [4.78, 5) is 2.44. The number of hydrogen-bond donors (Lipinski definition) is 1. The number of ether oxygens (including phenoxy) is 1. The molecular formula is C16H24N2O. The minimum atomic E-state index is 0.265. The van der Waals surface area contributed by atoms with E-state index in [1.165, 1.54) is 32.2 Å². The second kappa shape index (κ2) is 5.83. The van der Waals surface area contributed by atoms with Gasteiger partial charge in [0.2, 0.25) is 0 Å². The van der Waals surface area contributed by atoms with Gasteiger partial charge in [-0.2, -0.15) is 0 Å². The van der Waals surface area contributed by atoms with Gasteiger partial charge in [-0.05, 0) is 37.9 Å². The van der Waals surface area contributed by atoms with E-state index in [1.807, 2.05) is 18.2 Å². The molecule has 0 aromatic heterocycles. The molecule has 1 fully saturated rings. The van der Waals surface area contributed by atoms with Gasteiger partial charge in [0.25, 0.3) is 0 Å². The third-order valence-electron chi connectivity index (χ3n) is 4.26. The third kappa shape index (κ3) is 3.21. The molecule has 1 unspecified atom stereocenters. The molecule has 1 heterocycles. The Kier molecular flexibility index (Phi) is 3.92. The molecule has 3 heteroatoms. The Morgan fingerprint density at radius 3 is 2.84 bits per heavy atom. The van der Waals surface area contributed by atoms with Gasteiger partial charge in [-0.15, -0.1) is 0 Å². The number of nitrogens with one attached hydrogen (secondary N) is 1. The summed E-state index contributed by atoms with van der Waals surface area (Å²) in [6.45, 7) is 3.14. The fourth-order valence-electron chi connectivity index (χ4n) is 3.32. The van der Waals surface area contributed by atoms with Crippen LogP contribution in [0.1, 0.15) is 25.7 Å². The van der Waals surface area contributed by atoms with Crippen LogP contribution in [0.3, 0.4) is 0 Å². The number of para-hydroxylation sites is 2. The summed E-state index contributed by atoms with van der Waals surface area (Å²) in [7, 11) is 2.22. The predicted molar refractivity (Wildman–Crippen MR) is 78.8 cm³/mol. The van der Waals surface area contributed by atoms with E-state index >= 15 is 0 Å². The molecule has 1 aliphatic heterocycles. The highest BCUT2D eigenvalue weighted by Gasteiger charge is 2.22. The Labute approximate surface area is 115 Å². The summed E-state index contributed by atoms with van der Waals surface area (Å²) in [5, 5.41) is 3.46. The zero-order chi connectivity index (χ0) is 13.1. The zero-order valence-corrected chi connectivity index (χ0v) is 11.8. The maximum atomic E-state index is 6.06. The van der Waals surface area contributed by atoms with Crippen molar-refractivity contribution in [3.63, 3.8) is 0 Å². The van der Waals surface area contributed by atoms with E-state index in [0.717, 1.165) is 30.4 Å². The largest absolute Gasteiger partial charge is 0.485 e. The maximum Gasteiger partial charge on any atom is 0.142 e. The smallest absolute Gasteiger partial charge is 0.142 e. The second-order valence-electron chi connectivity index (χ2n) is 5.99. The Bertz CT molecular complexity index is 415. The van der Waals surface area contributed by atoms with Gasteiger partial charge in [0, 0.05) is 13.1 Å². The van der Waals surface area contributed by atoms with Crippen molar-refractivity contribution >= 4 is 5.69 Å². The zero-order valence-electron chi connectivity index (χ0n) is 11.8. The van der Waals surface area contributed by atoms with Gasteiger partial charge in [-0.3, -0.25) is 0 Å². The van der Waals surface area contributed by atoms with Crippen molar-refractivity contribution in [3.8, 4) is 5.75 Å². The molecular weight excluding hydrogens is 236 g/mol. The summed E-state index contributed by atoms with van der Waals surface area (Å²) >= 11 is 0. The minimum absolute atomic E-state index is 0.265. The van der Waals surface area contributed by atoms with Crippen molar-refractivity contribution in [2.75, 3.05) is 32.0 Å². The molecule has 1 aliphatic carbocycles. The third-order valence-corrected chi connectivity index (χ3v) is 4.26. The first-order valence-electron chi connectivity index (χ1n) is 7.49. The Balaban J connectivity index is 1.51. The van der Waals surface area contributed by atoms with Crippen LogP contribution in [-0.4, -0.2) is 37.7 Å².